The third-order valence-corrected chi connectivity index (χ3v) is 4.37. The summed E-state index contributed by atoms with van der Waals surface area (Å²) in [5.74, 6) is 0.946. The van der Waals surface area contributed by atoms with Crippen molar-refractivity contribution < 1.29 is 0 Å². The number of nitrogens with two attached hydrogens (primary N) is 4. The molecule has 0 amide bonds. The van der Waals surface area contributed by atoms with E-state index in [0.717, 1.165) is 11.1 Å². The average molecular weight is 428 g/mol. The van der Waals surface area contributed by atoms with Crippen LogP contribution >= 0.6 is 0 Å². The topological polar surface area (TPSA) is 211 Å². The second kappa shape index (κ2) is 8.79. The summed E-state index contributed by atoms with van der Waals surface area (Å²) in [6.07, 6.45) is 3.97. The molecule has 0 radical (unpaired) electrons. The van der Waals surface area contributed by atoms with Crippen molar-refractivity contribution in [2.75, 3.05) is 22.9 Å². The van der Waals surface area contributed by atoms with Gasteiger partial charge in [-0.15, -0.1) is 10.2 Å². The van der Waals surface area contributed by atoms with Crippen LogP contribution in [-0.4, -0.2) is 20.4 Å². The summed E-state index contributed by atoms with van der Waals surface area (Å²) in [6.45, 7) is 0. The number of anilines is 4. The van der Waals surface area contributed by atoms with Crippen molar-refractivity contribution in [2.24, 2.45) is 20.5 Å². The number of aromatic amines is 2. The Bertz CT molecular complexity index is 1150. The molecule has 0 aliphatic heterocycles. The predicted octanol–water partition coefficient (Wildman–Crippen LogP) is 4.46. The molecule has 0 spiro atoms. The molecule has 0 fully saturated rings. The summed E-state index contributed by atoms with van der Waals surface area (Å²) < 4.78 is 0. The number of rotatable bonds is 6. The van der Waals surface area contributed by atoms with Crippen molar-refractivity contribution in [1.29, 1.82) is 0 Å². The lowest BCUT2D eigenvalue weighted by Gasteiger charge is -1.98. The van der Waals surface area contributed by atoms with Gasteiger partial charge in [-0.3, -0.25) is 10.2 Å². The molecule has 12 heteroatoms. The largest absolute Gasteiger partial charge is 0.382 e. The minimum absolute atomic E-state index is 0.202. The van der Waals surface area contributed by atoms with E-state index in [1.165, 1.54) is 0 Å². The smallest absolute Gasteiger partial charge is 0.175 e. The molecule has 160 valence electrons. The Morgan fingerprint density at radius 2 is 0.938 bits per heavy atom. The molecule has 4 rings (SSSR count). The van der Waals surface area contributed by atoms with Crippen molar-refractivity contribution in [1.82, 2.24) is 20.4 Å². The highest BCUT2D eigenvalue weighted by molar-refractivity contribution is 5.72. The lowest BCUT2D eigenvalue weighted by molar-refractivity contribution is 1.11. The third-order valence-electron chi connectivity index (χ3n) is 4.37. The zero-order valence-corrected chi connectivity index (χ0v) is 16.8. The molecule has 0 unspecified atom stereocenters. The average Bonchev–Trinajstić information content (AvgIpc) is 3.30. The molecule has 0 saturated heterocycles. The van der Waals surface area contributed by atoms with Crippen molar-refractivity contribution in [2.45, 2.75) is 0 Å². The molecule has 12 nitrogen and oxygen atoms in total. The number of azo groups is 2. The fourth-order valence-electron chi connectivity index (χ4n) is 2.65. The van der Waals surface area contributed by atoms with Crippen LogP contribution in [0.2, 0.25) is 0 Å². The van der Waals surface area contributed by atoms with Crippen LogP contribution in [0.3, 0.4) is 0 Å². The number of hydrogen-bond acceptors (Lipinski definition) is 10. The second-order valence-electron chi connectivity index (χ2n) is 6.66. The van der Waals surface area contributed by atoms with Gasteiger partial charge in [0.25, 0.3) is 0 Å². The number of H-pyrrole nitrogens is 2. The minimum atomic E-state index is 0.202. The number of nitrogens with zero attached hydrogens (tertiary/aromatic N) is 6. The Morgan fingerprint density at radius 3 is 1.25 bits per heavy atom. The van der Waals surface area contributed by atoms with E-state index in [-0.39, 0.29) is 23.3 Å². The van der Waals surface area contributed by atoms with Gasteiger partial charge in [0.15, 0.2) is 23.0 Å². The van der Waals surface area contributed by atoms with Crippen LogP contribution in [0, 0.1) is 0 Å². The fourth-order valence-corrected chi connectivity index (χ4v) is 2.65. The van der Waals surface area contributed by atoms with E-state index in [2.05, 4.69) is 40.9 Å². The maximum Gasteiger partial charge on any atom is 0.175 e. The van der Waals surface area contributed by atoms with Gasteiger partial charge in [-0.05, 0) is 35.4 Å². The monoisotopic (exact) mass is 428 g/mol. The SMILES string of the molecule is Nc1n[nH]c(N)c1N=Nc1ccc(C=Cc2ccc(N=Nc3c(N)n[nH]c3N)cc2)cc1. The summed E-state index contributed by atoms with van der Waals surface area (Å²) in [4.78, 5) is 0. The van der Waals surface area contributed by atoms with E-state index in [9.17, 15) is 0 Å². The number of hydrogen-bond donors (Lipinski definition) is 6. The molecule has 2 heterocycles. The van der Waals surface area contributed by atoms with Crippen LogP contribution in [0.4, 0.5) is 46.0 Å². The summed E-state index contributed by atoms with van der Waals surface area (Å²) >= 11 is 0. The molecule has 0 aliphatic rings. The van der Waals surface area contributed by atoms with Gasteiger partial charge < -0.3 is 22.9 Å². The Balaban J connectivity index is 1.39. The zero-order valence-electron chi connectivity index (χ0n) is 16.8. The Hall–Kier alpha value is -5.00. The molecule has 4 aromatic rings. The first kappa shape index (κ1) is 20.3. The molecule has 0 atom stereocenters. The van der Waals surface area contributed by atoms with Crippen LogP contribution in [0.25, 0.3) is 12.2 Å². The van der Waals surface area contributed by atoms with Gasteiger partial charge in [-0.1, -0.05) is 36.4 Å². The number of aromatic nitrogens is 4. The van der Waals surface area contributed by atoms with Crippen molar-refractivity contribution in [3.8, 4) is 0 Å². The predicted molar refractivity (Wildman–Crippen MR) is 125 cm³/mol. The van der Waals surface area contributed by atoms with Crippen LogP contribution in [0.5, 0.6) is 0 Å². The Kier molecular flexibility index (Phi) is 5.57. The fraction of sp³-hybridized carbons (Fsp3) is 0. The molecule has 32 heavy (non-hydrogen) atoms. The van der Waals surface area contributed by atoms with E-state index in [1.807, 2.05) is 60.7 Å². The van der Waals surface area contributed by atoms with Gasteiger partial charge in [0, 0.05) is 0 Å². The molecular weight excluding hydrogens is 408 g/mol. The molecule has 2 aromatic carbocycles. The summed E-state index contributed by atoms with van der Waals surface area (Å²) in [5, 5.41) is 29.0. The van der Waals surface area contributed by atoms with Gasteiger partial charge in [0.1, 0.15) is 11.6 Å². The normalized spacial score (nSPS) is 11.9. The highest BCUT2D eigenvalue weighted by Gasteiger charge is 2.07. The molecule has 0 saturated carbocycles. The first-order chi connectivity index (χ1) is 15.5. The van der Waals surface area contributed by atoms with Gasteiger partial charge in [0.05, 0.1) is 11.4 Å². The molecule has 0 aliphatic carbocycles. The van der Waals surface area contributed by atoms with E-state index in [0.29, 0.717) is 22.7 Å². The number of nitrogen functional groups attached to an aromatic ring is 4. The maximum atomic E-state index is 5.70. The summed E-state index contributed by atoms with van der Waals surface area (Å²) in [5.41, 5.74) is 26.7. The van der Waals surface area contributed by atoms with Crippen LogP contribution in [-0.2, 0) is 0 Å². The lowest BCUT2D eigenvalue weighted by atomic mass is 10.1. The Labute approximate surface area is 182 Å². The van der Waals surface area contributed by atoms with E-state index in [1.54, 1.807) is 0 Å². The maximum absolute atomic E-state index is 5.70. The number of nitrogens with one attached hydrogen (secondary N) is 2. The van der Waals surface area contributed by atoms with Crippen LogP contribution in [0.15, 0.2) is 69.0 Å². The van der Waals surface area contributed by atoms with Crippen LogP contribution in [0.1, 0.15) is 11.1 Å². The number of benzene rings is 2. The van der Waals surface area contributed by atoms with Crippen molar-refractivity contribution in [3.05, 3.63) is 59.7 Å². The van der Waals surface area contributed by atoms with Crippen molar-refractivity contribution >= 4 is 58.2 Å². The van der Waals surface area contributed by atoms with Gasteiger partial charge in [0.2, 0.25) is 0 Å². The van der Waals surface area contributed by atoms with Gasteiger partial charge in [-0.2, -0.15) is 20.4 Å². The third kappa shape index (κ3) is 4.59. The zero-order chi connectivity index (χ0) is 22.5. The highest BCUT2D eigenvalue weighted by atomic mass is 15.3. The quantitative estimate of drug-likeness (QED) is 0.192. The summed E-state index contributed by atoms with van der Waals surface area (Å²) in [6, 6.07) is 15.1. The van der Waals surface area contributed by atoms with Gasteiger partial charge in [-0.25, -0.2) is 0 Å². The van der Waals surface area contributed by atoms with E-state index >= 15 is 0 Å². The standard InChI is InChI=1S/C20H20N12/c21-17-15(18(22)30-29-17)27-25-13-7-3-11(4-8-13)1-2-12-5-9-14(10-6-12)26-28-16-19(23)31-32-20(16)24/h1-10H,(H5,21,22,29,30)(H5,23,24,31,32). The second-order valence-corrected chi connectivity index (χ2v) is 6.66. The first-order valence-corrected chi connectivity index (χ1v) is 9.40. The minimum Gasteiger partial charge on any atom is -0.382 e. The molecule has 0 bridgehead atoms. The molecule has 10 N–H and O–H groups in total. The lowest BCUT2D eigenvalue weighted by Crippen LogP contribution is -1.84. The molecular formula is C20H20N12. The highest BCUT2D eigenvalue weighted by Crippen LogP contribution is 2.29. The van der Waals surface area contributed by atoms with E-state index < -0.39 is 0 Å². The first-order valence-electron chi connectivity index (χ1n) is 9.40. The van der Waals surface area contributed by atoms with Crippen molar-refractivity contribution in [3.63, 3.8) is 0 Å². The molecule has 2 aromatic heterocycles. The van der Waals surface area contributed by atoms with Gasteiger partial charge >= 0.3 is 0 Å². The Morgan fingerprint density at radius 1 is 0.562 bits per heavy atom. The summed E-state index contributed by atoms with van der Waals surface area (Å²) in [7, 11) is 0. The van der Waals surface area contributed by atoms with Crippen LogP contribution < -0.4 is 22.9 Å². The van der Waals surface area contributed by atoms with E-state index in [4.69, 9.17) is 22.9 Å².